The zero-order valence-corrected chi connectivity index (χ0v) is 19.7. The van der Waals surface area contributed by atoms with Crippen LogP contribution in [-0.2, 0) is 27.9 Å². The van der Waals surface area contributed by atoms with Crippen LogP contribution in [0.4, 0.5) is 0 Å². The van der Waals surface area contributed by atoms with Gasteiger partial charge in [0.05, 0.1) is 13.2 Å². The van der Waals surface area contributed by atoms with Gasteiger partial charge in [0.2, 0.25) is 0 Å². The van der Waals surface area contributed by atoms with Crippen molar-refractivity contribution in [3.8, 4) is 0 Å². The number of unbranched alkanes of at least 4 members (excludes halogenated alkanes) is 2. The van der Waals surface area contributed by atoms with Gasteiger partial charge in [0, 0.05) is 25.4 Å². The zero-order chi connectivity index (χ0) is 21.8. The molecule has 0 spiro atoms. The molecular weight excluding hydrogens is 388 g/mol. The second-order valence-corrected chi connectivity index (χ2v) is 10.3. The Morgan fingerprint density at radius 1 is 0.690 bits per heavy atom. The molecule has 0 fully saturated rings. The molecule has 0 amide bonds. The highest BCUT2D eigenvalue weighted by Crippen LogP contribution is 2.24. The fourth-order valence-electron chi connectivity index (χ4n) is 2.66. The molecule has 0 bridgehead atoms. The largest absolute Gasteiger partial charge is 0.463 e. The lowest BCUT2D eigenvalue weighted by atomic mass is 10.4. The van der Waals surface area contributed by atoms with Crippen LogP contribution in [0.5, 0.6) is 0 Å². The standard InChI is InChI=1S/C22H40O6Si/c1-5-9-17-27-29(28-18-10-6-2,19-11-15-25-21(23)13-7-3)20-12-16-26-22(24)14-8-4/h7-8,13-14H,5-6,9-12,15-20H2,1-4H3. The van der Waals surface area contributed by atoms with Gasteiger partial charge in [-0.25, -0.2) is 9.59 Å². The molecule has 29 heavy (non-hydrogen) atoms. The van der Waals surface area contributed by atoms with Crippen molar-refractivity contribution >= 4 is 20.5 Å². The third-order valence-electron chi connectivity index (χ3n) is 4.22. The third kappa shape index (κ3) is 15.1. The van der Waals surface area contributed by atoms with E-state index in [0.29, 0.717) is 39.3 Å². The van der Waals surface area contributed by atoms with Gasteiger partial charge in [-0.1, -0.05) is 38.8 Å². The molecule has 0 rings (SSSR count). The van der Waals surface area contributed by atoms with Crippen LogP contribution in [0.15, 0.2) is 24.3 Å². The summed E-state index contributed by atoms with van der Waals surface area (Å²) in [4.78, 5) is 23.0. The number of carbonyl (C=O) groups excluding carboxylic acids is 2. The minimum absolute atomic E-state index is 0.325. The lowest BCUT2D eigenvalue weighted by Crippen LogP contribution is -2.43. The summed E-state index contributed by atoms with van der Waals surface area (Å²) in [6, 6.07) is 1.51. The maximum atomic E-state index is 11.5. The van der Waals surface area contributed by atoms with Crippen LogP contribution >= 0.6 is 0 Å². The predicted octanol–water partition coefficient (Wildman–Crippen LogP) is 5.08. The third-order valence-corrected chi connectivity index (χ3v) is 7.92. The van der Waals surface area contributed by atoms with Crippen molar-refractivity contribution in [2.24, 2.45) is 0 Å². The van der Waals surface area contributed by atoms with E-state index in [1.165, 1.54) is 12.2 Å². The van der Waals surface area contributed by atoms with Crippen LogP contribution in [0.2, 0.25) is 12.1 Å². The predicted molar refractivity (Wildman–Crippen MR) is 118 cm³/mol. The lowest BCUT2D eigenvalue weighted by Gasteiger charge is -2.31. The summed E-state index contributed by atoms with van der Waals surface area (Å²) in [5.41, 5.74) is 0. The van der Waals surface area contributed by atoms with Gasteiger partial charge in [-0.2, -0.15) is 0 Å². The van der Waals surface area contributed by atoms with E-state index in [2.05, 4.69) is 13.8 Å². The van der Waals surface area contributed by atoms with Crippen molar-refractivity contribution in [1.82, 2.24) is 0 Å². The summed E-state index contributed by atoms with van der Waals surface area (Å²) in [5, 5.41) is 0. The van der Waals surface area contributed by atoms with Gasteiger partial charge in [0.15, 0.2) is 0 Å². The number of hydrogen-bond acceptors (Lipinski definition) is 6. The van der Waals surface area contributed by atoms with Crippen molar-refractivity contribution in [2.45, 2.75) is 78.3 Å². The first-order chi connectivity index (χ1) is 14.0. The average Bonchev–Trinajstić information content (AvgIpc) is 2.69. The highest BCUT2D eigenvalue weighted by molar-refractivity contribution is 6.67. The highest BCUT2D eigenvalue weighted by atomic mass is 28.4. The summed E-state index contributed by atoms with van der Waals surface area (Å²) in [6.45, 7) is 9.87. The normalized spacial score (nSPS) is 12.0. The molecule has 0 saturated carbocycles. The molecule has 0 N–H and O–H groups in total. The fraction of sp³-hybridized carbons (Fsp3) is 0.727. The topological polar surface area (TPSA) is 71.1 Å². The molecule has 0 aromatic heterocycles. The summed E-state index contributed by atoms with van der Waals surface area (Å²) >= 11 is 0. The van der Waals surface area contributed by atoms with Crippen molar-refractivity contribution in [3.63, 3.8) is 0 Å². The summed E-state index contributed by atoms with van der Waals surface area (Å²) < 4.78 is 23.1. The number of allylic oxidation sites excluding steroid dienone is 2. The Balaban J connectivity index is 4.83. The van der Waals surface area contributed by atoms with E-state index in [4.69, 9.17) is 18.3 Å². The first kappa shape index (κ1) is 27.6. The van der Waals surface area contributed by atoms with E-state index < -0.39 is 8.56 Å². The minimum atomic E-state index is -2.47. The molecule has 7 heteroatoms. The highest BCUT2D eigenvalue weighted by Gasteiger charge is 2.36. The van der Waals surface area contributed by atoms with E-state index in [-0.39, 0.29) is 11.9 Å². The molecule has 0 unspecified atom stereocenters. The van der Waals surface area contributed by atoms with Gasteiger partial charge in [0.25, 0.3) is 0 Å². The minimum Gasteiger partial charge on any atom is -0.463 e. The molecule has 6 nitrogen and oxygen atoms in total. The van der Waals surface area contributed by atoms with Crippen molar-refractivity contribution in [1.29, 1.82) is 0 Å². The smallest absolute Gasteiger partial charge is 0.338 e. The monoisotopic (exact) mass is 428 g/mol. The molecule has 0 aromatic rings. The second-order valence-electron chi connectivity index (χ2n) is 6.86. The number of hydrogen-bond donors (Lipinski definition) is 0. The van der Waals surface area contributed by atoms with E-state index in [1.807, 2.05) is 0 Å². The molecule has 0 aromatic carbocycles. The van der Waals surface area contributed by atoms with E-state index in [9.17, 15) is 9.59 Å². The van der Waals surface area contributed by atoms with Crippen LogP contribution in [0, 0.1) is 0 Å². The van der Waals surface area contributed by atoms with Crippen LogP contribution in [-0.4, -0.2) is 46.9 Å². The maximum absolute atomic E-state index is 11.5. The van der Waals surface area contributed by atoms with Gasteiger partial charge >= 0.3 is 20.5 Å². The Hall–Kier alpha value is -1.44. The van der Waals surface area contributed by atoms with Crippen LogP contribution in [0.1, 0.15) is 66.2 Å². The Morgan fingerprint density at radius 2 is 1.10 bits per heavy atom. The molecule has 0 aliphatic carbocycles. The maximum Gasteiger partial charge on any atom is 0.338 e. The molecule has 0 radical (unpaired) electrons. The van der Waals surface area contributed by atoms with Gasteiger partial charge in [0.1, 0.15) is 0 Å². The summed E-state index contributed by atoms with van der Waals surface area (Å²) in [7, 11) is -2.47. The SMILES string of the molecule is CC=CC(=O)OCCC[Si](CCCOC(=O)C=CC)(OCCCC)OCCCC. The molecule has 0 aliphatic heterocycles. The van der Waals surface area contributed by atoms with Crippen molar-refractivity contribution < 1.29 is 27.9 Å². The number of ether oxygens (including phenoxy) is 2. The van der Waals surface area contributed by atoms with Crippen molar-refractivity contribution in [3.05, 3.63) is 24.3 Å². The van der Waals surface area contributed by atoms with Crippen LogP contribution in [0.3, 0.4) is 0 Å². The van der Waals surface area contributed by atoms with Gasteiger partial charge in [-0.05, 0) is 51.6 Å². The number of rotatable bonds is 18. The number of carbonyl (C=O) groups is 2. The van der Waals surface area contributed by atoms with Crippen LogP contribution in [0.25, 0.3) is 0 Å². The summed E-state index contributed by atoms with van der Waals surface area (Å²) in [5.74, 6) is -0.649. The first-order valence-electron chi connectivity index (χ1n) is 10.9. The number of esters is 2. The Morgan fingerprint density at radius 3 is 1.45 bits per heavy atom. The fourth-order valence-corrected chi connectivity index (χ4v) is 5.97. The molecule has 168 valence electrons. The van der Waals surface area contributed by atoms with Gasteiger partial charge in [-0.15, -0.1) is 0 Å². The molecule has 0 heterocycles. The Kier molecular flexibility index (Phi) is 17.7. The lowest BCUT2D eigenvalue weighted by molar-refractivity contribution is -0.138. The molecule has 0 aliphatic rings. The Labute approximate surface area is 177 Å². The molecule has 0 saturated heterocycles. The van der Waals surface area contributed by atoms with E-state index in [0.717, 1.165) is 37.8 Å². The van der Waals surface area contributed by atoms with Gasteiger partial charge in [-0.3, -0.25) is 0 Å². The molecular formula is C22H40O6Si. The zero-order valence-electron chi connectivity index (χ0n) is 18.7. The second kappa shape index (κ2) is 18.6. The summed E-state index contributed by atoms with van der Waals surface area (Å²) in [6.07, 6.45) is 11.6. The van der Waals surface area contributed by atoms with E-state index >= 15 is 0 Å². The van der Waals surface area contributed by atoms with Crippen molar-refractivity contribution in [2.75, 3.05) is 26.4 Å². The molecule has 0 atom stereocenters. The quantitative estimate of drug-likeness (QED) is 0.131. The Bertz CT molecular complexity index is 446. The van der Waals surface area contributed by atoms with Crippen LogP contribution < -0.4 is 0 Å². The van der Waals surface area contributed by atoms with Gasteiger partial charge < -0.3 is 18.3 Å². The average molecular weight is 429 g/mol. The first-order valence-corrected chi connectivity index (χ1v) is 13.1. The van der Waals surface area contributed by atoms with E-state index in [1.54, 1.807) is 26.0 Å².